The zero-order chi connectivity index (χ0) is 17.7. The van der Waals surface area contributed by atoms with Crippen molar-refractivity contribution in [3.8, 4) is 0 Å². The highest BCUT2D eigenvalue weighted by Gasteiger charge is 2.30. The highest BCUT2D eigenvalue weighted by atomic mass is 32.2. The molecular formula is C18H21NO4S. The summed E-state index contributed by atoms with van der Waals surface area (Å²) < 4.78 is 30.0. The first kappa shape index (κ1) is 18.2. The molecule has 0 spiro atoms. The third-order valence-electron chi connectivity index (χ3n) is 3.45. The van der Waals surface area contributed by atoms with Crippen molar-refractivity contribution >= 4 is 21.7 Å². The van der Waals surface area contributed by atoms with E-state index in [9.17, 15) is 13.2 Å². The van der Waals surface area contributed by atoms with Crippen molar-refractivity contribution < 1.29 is 17.4 Å². The lowest BCUT2D eigenvalue weighted by molar-refractivity contribution is -0.124. The molecule has 2 aromatic carbocycles. The second kappa shape index (κ2) is 7.59. The van der Waals surface area contributed by atoms with Gasteiger partial charge in [0.2, 0.25) is 0 Å². The molecule has 6 heteroatoms. The molecule has 0 bridgehead atoms. The summed E-state index contributed by atoms with van der Waals surface area (Å²) in [5.74, 6) is -0.805. The van der Waals surface area contributed by atoms with E-state index in [1.54, 1.807) is 50.2 Å². The molecule has 5 nitrogen and oxygen atoms in total. The summed E-state index contributed by atoms with van der Waals surface area (Å²) in [6.45, 7) is 5.33. The Bertz CT molecular complexity index is 784. The molecule has 0 aliphatic rings. The summed E-state index contributed by atoms with van der Waals surface area (Å²) in [4.78, 5) is 12.5. The normalized spacial score (nSPS) is 12.8. The van der Waals surface area contributed by atoms with Gasteiger partial charge in [-0.3, -0.25) is 8.98 Å². The molecule has 0 unspecified atom stereocenters. The van der Waals surface area contributed by atoms with E-state index in [0.717, 1.165) is 5.56 Å². The third-order valence-corrected chi connectivity index (χ3v) is 4.76. The molecular weight excluding hydrogens is 326 g/mol. The van der Waals surface area contributed by atoms with Crippen LogP contribution in [0.1, 0.15) is 19.4 Å². The van der Waals surface area contributed by atoms with Gasteiger partial charge in [0.15, 0.2) is 6.10 Å². The van der Waals surface area contributed by atoms with E-state index in [0.29, 0.717) is 5.69 Å². The summed E-state index contributed by atoms with van der Waals surface area (Å²) in [5.41, 5.74) is 1.53. The minimum atomic E-state index is -4.02. The zero-order valence-electron chi connectivity index (χ0n) is 13.9. The van der Waals surface area contributed by atoms with Crippen molar-refractivity contribution in [3.63, 3.8) is 0 Å². The largest absolute Gasteiger partial charge is 0.324 e. The molecule has 1 amide bonds. The second-order valence-corrected chi connectivity index (χ2v) is 7.46. The van der Waals surface area contributed by atoms with E-state index >= 15 is 0 Å². The van der Waals surface area contributed by atoms with E-state index in [1.807, 2.05) is 13.0 Å². The molecule has 0 fully saturated rings. The van der Waals surface area contributed by atoms with Gasteiger partial charge in [-0.25, -0.2) is 0 Å². The number of hydrogen-bond donors (Lipinski definition) is 1. The van der Waals surface area contributed by atoms with Gasteiger partial charge in [-0.2, -0.15) is 8.42 Å². The highest BCUT2D eigenvalue weighted by molar-refractivity contribution is 7.86. The predicted octanol–water partition coefficient (Wildman–Crippen LogP) is 3.36. The predicted molar refractivity (Wildman–Crippen MR) is 93.1 cm³/mol. The number of anilines is 1. The SMILES string of the molecule is Cc1ccc(S(=O)(=O)O[C@H](C(=O)Nc2ccccc2)C(C)C)cc1. The van der Waals surface area contributed by atoms with Crippen molar-refractivity contribution in [3.05, 3.63) is 60.2 Å². The van der Waals surface area contributed by atoms with Crippen molar-refractivity contribution in [1.82, 2.24) is 0 Å². The lowest BCUT2D eigenvalue weighted by Gasteiger charge is -2.20. The van der Waals surface area contributed by atoms with E-state index < -0.39 is 22.1 Å². The Kier molecular flexibility index (Phi) is 5.75. The van der Waals surface area contributed by atoms with Crippen molar-refractivity contribution in [1.29, 1.82) is 0 Å². The summed E-state index contributed by atoms with van der Waals surface area (Å²) in [5, 5.41) is 2.68. The lowest BCUT2D eigenvalue weighted by Crippen LogP contribution is -2.36. The summed E-state index contributed by atoms with van der Waals surface area (Å²) in [7, 11) is -4.02. The fourth-order valence-corrected chi connectivity index (χ4v) is 3.25. The van der Waals surface area contributed by atoms with Crippen LogP contribution in [0.5, 0.6) is 0 Å². The molecule has 0 aromatic heterocycles. The Balaban J connectivity index is 2.18. The van der Waals surface area contributed by atoms with Gasteiger partial charge in [0, 0.05) is 5.69 Å². The Morgan fingerprint density at radius 3 is 2.12 bits per heavy atom. The van der Waals surface area contributed by atoms with E-state index in [4.69, 9.17) is 4.18 Å². The summed E-state index contributed by atoms with van der Waals surface area (Å²) in [6.07, 6.45) is -1.11. The highest BCUT2D eigenvalue weighted by Crippen LogP contribution is 2.20. The fourth-order valence-electron chi connectivity index (χ4n) is 2.09. The summed E-state index contributed by atoms with van der Waals surface area (Å²) in [6, 6.07) is 15.2. The van der Waals surface area contributed by atoms with Crippen LogP contribution in [0.25, 0.3) is 0 Å². The molecule has 0 aliphatic carbocycles. The van der Waals surface area contributed by atoms with E-state index in [2.05, 4.69) is 5.32 Å². The number of carbonyl (C=O) groups is 1. The first-order chi connectivity index (χ1) is 11.3. The molecule has 0 heterocycles. The van der Waals surface area contributed by atoms with Gasteiger partial charge in [0.25, 0.3) is 16.0 Å². The van der Waals surface area contributed by atoms with Crippen LogP contribution in [0.3, 0.4) is 0 Å². The number of carbonyl (C=O) groups excluding carboxylic acids is 1. The summed E-state index contributed by atoms with van der Waals surface area (Å²) >= 11 is 0. The van der Waals surface area contributed by atoms with Gasteiger partial charge >= 0.3 is 0 Å². The average Bonchev–Trinajstić information content (AvgIpc) is 2.53. The zero-order valence-corrected chi connectivity index (χ0v) is 14.7. The molecule has 2 aromatic rings. The van der Waals surface area contributed by atoms with Crippen LogP contribution >= 0.6 is 0 Å². The average molecular weight is 347 g/mol. The number of para-hydroxylation sites is 1. The molecule has 1 N–H and O–H groups in total. The van der Waals surface area contributed by atoms with Crippen LogP contribution in [0.15, 0.2) is 59.5 Å². The van der Waals surface area contributed by atoms with Gasteiger partial charge in [0.05, 0.1) is 4.90 Å². The topological polar surface area (TPSA) is 72.5 Å². The van der Waals surface area contributed by atoms with Crippen LogP contribution < -0.4 is 5.32 Å². The van der Waals surface area contributed by atoms with Gasteiger partial charge in [0.1, 0.15) is 0 Å². The fraction of sp³-hybridized carbons (Fsp3) is 0.278. The number of aryl methyl sites for hydroxylation is 1. The molecule has 0 aliphatic heterocycles. The Morgan fingerprint density at radius 2 is 1.58 bits per heavy atom. The van der Waals surface area contributed by atoms with E-state index in [-0.39, 0.29) is 10.8 Å². The minimum Gasteiger partial charge on any atom is -0.324 e. The van der Waals surface area contributed by atoms with Crippen molar-refractivity contribution in [2.24, 2.45) is 5.92 Å². The quantitative estimate of drug-likeness (QED) is 0.813. The van der Waals surface area contributed by atoms with Crippen molar-refractivity contribution in [2.75, 3.05) is 5.32 Å². The number of benzene rings is 2. The Labute approximate surface area is 142 Å². The van der Waals surface area contributed by atoms with Gasteiger partial charge < -0.3 is 5.32 Å². The first-order valence-corrected chi connectivity index (χ1v) is 9.06. The molecule has 0 saturated carbocycles. The molecule has 2 rings (SSSR count). The van der Waals surface area contributed by atoms with Crippen LogP contribution in [0.4, 0.5) is 5.69 Å². The molecule has 24 heavy (non-hydrogen) atoms. The first-order valence-electron chi connectivity index (χ1n) is 7.65. The lowest BCUT2D eigenvalue weighted by atomic mass is 10.1. The number of rotatable bonds is 6. The Hall–Kier alpha value is -2.18. The smallest absolute Gasteiger partial charge is 0.297 e. The van der Waals surface area contributed by atoms with Crippen LogP contribution in [-0.2, 0) is 19.1 Å². The van der Waals surface area contributed by atoms with Crippen LogP contribution in [-0.4, -0.2) is 20.4 Å². The van der Waals surface area contributed by atoms with Gasteiger partial charge in [-0.15, -0.1) is 0 Å². The number of amides is 1. The molecule has 1 atom stereocenters. The number of hydrogen-bond acceptors (Lipinski definition) is 4. The van der Waals surface area contributed by atoms with Gasteiger partial charge in [-0.1, -0.05) is 49.7 Å². The van der Waals surface area contributed by atoms with Gasteiger partial charge in [-0.05, 0) is 37.1 Å². The molecule has 128 valence electrons. The third kappa shape index (κ3) is 4.66. The van der Waals surface area contributed by atoms with Crippen LogP contribution in [0.2, 0.25) is 0 Å². The Morgan fingerprint density at radius 1 is 1.00 bits per heavy atom. The monoisotopic (exact) mass is 347 g/mol. The maximum absolute atomic E-state index is 12.4. The molecule has 0 radical (unpaired) electrons. The standard InChI is InChI=1S/C18H21NO4S/c1-13(2)17(18(20)19-15-7-5-4-6-8-15)23-24(21,22)16-11-9-14(3)10-12-16/h4-13,17H,1-3H3,(H,19,20)/t17-/m0/s1. The maximum atomic E-state index is 12.4. The molecule has 0 saturated heterocycles. The van der Waals surface area contributed by atoms with Crippen LogP contribution in [0, 0.1) is 12.8 Å². The van der Waals surface area contributed by atoms with Crippen molar-refractivity contribution in [2.45, 2.75) is 31.8 Å². The van der Waals surface area contributed by atoms with E-state index in [1.165, 1.54) is 12.1 Å². The second-order valence-electron chi connectivity index (χ2n) is 5.88. The minimum absolute atomic E-state index is 0.0336. The maximum Gasteiger partial charge on any atom is 0.297 e. The number of nitrogens with one attached hydrogen (secondary N) is 1.